The molecule has 6 heteroatoms. The minimum absolute atomic E-state index is 0.0417. The van der Waals surface area contributed by atoms with E-state index in [0.29, 0.717) is 19.5 Å². The van der Waals surface area contributed by atoms with Crippen molar-refractivity contribution in [3.8, 4) is 0 Å². The molecule has 2 amide bonds. The highest BCUT2D eigenvalue weighted by Gasteiger charge is 2.36. The molecule has 0 aromatic carbocycles. The van der Waals surface area contributed by atoms with Gasteiger partial charge >= 0.3 is 0 Å². The summed E-state index contributed by atoms with van der Waals surface area (Å²) in [5.41, 5.74) is -0.288. The summed E-state index contributed by atoms with van der Waals surface area (Å²) in [6, 6.07) is 2.81. The Balaban J connectivity index is 1.99. The number of likely N-dealkylation sites (tertiary alicyclic amines) is 1. The molecule has 128 valence electrons. The molecule has 0 bridgehead atoms. The zero-order valence-corrected chi connectivity index (χ0v) is 13.9. The summed E-state index contributed by atoms with van der Waals surface area (Å²) in [5.74, 6) is -0.134. The maximum Gasteiger partial charge on any atom is 0.290 e. The molecule has 23 heavy (non-hydrogen) atoms. The molecular weight excluding hydrogens is 296 g/mol. The number of hydrogen-bond acceptors (Lipinski definition) is 4. The first-order valence-electron chi connectivity index (χ1n) is 8.30. The zero-order chi connectivity index (χ0) is 16.9. The zero-order valence-electron chi connectivity index (χ0n) is 13.9. The molecule has 0 spiro atoms. The van der Waals surface area contributed by atoms with E-state index >= 15 is 0 Å². The monoisotopic (exact) mass is 322 g/mol. The number of aliphatic hydroxyl groups is 1. The summed E-state index contributed by atoms with van der Waals surface area (Å²) < 4.78 is 5.15. The second-order valence-corrected chi connectivity index (χ2v) is 6.22. The lowest BCUT2D eigenvalue weighted by atomic mass is 9.83. The van der Waals surface area contributed by atoms with Crippen LogP contribution in [0.1, 0.15) is 50.1 Å². The molecule has 1 aromatic heterocycles. The summed E-state index contributed by atoms with van der Waals surface area (Å²) in [6.45, 7) is 5.04. The maximum atomic E-state index is 12.5. The van der Waals surface area contributed by atoms with Crippen LogP contribution >= 0.6 is 0 Å². The molecular formula is C17H26N2O4. The first-order valence-corrected chi connectivity index (χ1v) is 8.30. The predicted octanol–water partition coefficient (Wildman–Crippen LogP) is 1.80. The molecule has 0 aliphatic carbocycles. The minimum atomic E-state index is -0.460. The van der Waals surface area contributed by atoms with Gasteiger partial charge in [-0.3, -0.25) is 9.59 Å². The van der Waals surface area contributed by atoms with E-state index < -0.39 is 6.04 Å². The lowest BCUT2D eigenvalue weighted by Crippen LogP contribution is -2.49. The summed E-state index contributed by atoms with van der Waals surface area (Å²) in [7, 11) is 0. The Labute approximate surface area is 136 Å². The molecule has 1 saturated heterocycles. The Bertz CT molecular complexity index is 514. The lowest BCUT2D eigenvalue weighted by molar-refractivity contribution is -0.125. The van der Waals surface area contributed by atoms with Gasteiger partial charge in [0, 0.05) is 18.5 Å². The van der Waals surface area contributed by atoms with Crippen LogP contribution in [0.2, 0.25) is 0 Å². The van der Waals surface area contributed by atoms with Crippen LogP contribution in [0.15, 0.2) is 22.8 Å². The molecule has 1 aliphatic rings. The van der Waals surface area contributed by atoms with E-state index in [1.165, 1.54) is 6.26 Å². The number of rotatable bonds is 7. The molecule has 1 aromatic rings. The van der Waals surface area contributed by atoms with E-state index in [0.717, 1.165) is 19.3 Å². The molecule has 2 heterocycles. The number of nitrogens with zero attached hydrogens (tertiary/aromatic N) is 1. The van der Waals surface area contributed by atoms with Gasteiger partial charge in [0.25, 0.3) is 5.91 Å². The Morgan fingerprint density at radius 2 is 2.17 bits per heavy atom. The fourth-order valence-electron chi connectivity index (χ4n) is 3.00. The van der Waals surface area contributed by atoms with Crippen molar-refractivity contribution in [2.75, 3.05) is 19.7 Å². The topological polar surface area (TPSA) is 82.8 Å². The Morgan fingerprint density at radius 3 is 2.74 bits per heavy atom. The summed E-state index contributed by atoms with van der Waals surface area (Å²) in [4.78, 5) is 26.5. The van der Waals surface area contributed by atoms with E-state index in [4.69, 9.17) is 4.42 Å². The van der Waals surface area contributed by atoms with Gasteiger partial charge in [0.1, 0.15) is 6.04 Å². The molecule has 2 N–H and O–H groups in total. The lowest BCUT2D eigenvalue weighted by Gasteiger charge is -2.31. The van der Waals surface area contributed by atoms with Gasteiger partial charge < -0.3 is 19.7 Å². The fourth-order valence-corrected chi connectivity index (χ4v) is 3.00. The van der Waals surface area contributed by atoms with Gasteiger partial charge in [-0.15, -0.1) is 0 Å². The average molecular weight is 322 g/mol. The van der Waals surface area contributed by atoms with Gasteiger partial charge in [0.2, 0.25) is 5.91 Å². The van der Waals surface area contributed by atoms with E-state index in [1.807, 2.05) is 13.8 Å². The maximum absolute atomic E-state index is 12.5. The van der Waals surface area contributed by atoms with Crippen LogP contribution in [0.25, 0.3) is 0 Å². The Hall–Kier alpha value is -1.82. The SMILES string of the molecule is CCC(CC)(CO)CNC(=O)C1CCCN1C(=O)c1ccco1. The normalized spacial score (nSPS) is 18.2. The van der Waals surface area contributed by atoms with Crippen LogP contribution in [-0.4, -0.2) is 47.6 Å². The number of aliphatic hydroxyl groups excluding tert-OH is 1. The largest absolute Gasteiger partial charge is 0.459 e. The minimum Gasteiger partial charge on any atom is -0.459 e. The smallest absolute Gasteiger partial charge is 0.290 e. The molecule has 0 radical (unpaired) electrons. The van der Waals surface area contributed by atoms with Crippen molar-refractivity contribution < 1.29 is 19.1 Å². The standard InChI is InChI=1S/C17H26N2O4/c1-3-17(4-2,12-20)11-18-15(21)13-7-5-9-19(13)16(22)14-8-6-10-23-14/h6,8,10,13,20H,3-5,7,9,11-12H2,1-2H3,(H,18,21). The quantitative estimate of drug-likeness (QED) is 0.802. The van der Waals surface area contributed by atoms with E-state index in [9.17, 15) is 14.7 Å². The molecule has 1 unspecified atom stereocenters. The number of carbonyl (C=O) groups excluding carboxylic acids is 2. The number of nitrogens with one attached hydrogen (secondary N) is 1. The van der Waals surface area contributed by atoms with E-state index in [2.05, 4.69) is 5.32 Å². The number of carbonyl (C=O) groups is 2. The van der Waals surface area contributed by atoms with Crippen molar-refractivity contribution in [3.63, 3.8) is 0 Å². The van der Waals surface area contributed by atoms with Crippen LogP contribution in [-0.2, 0) is 4.79 Å². The van der Waals surface area contributed by atoms with E-state index in [-0.39, 0.29) is 29.6 Å². The van der Waals surface area contributed by atoms with Crippen LogP contribution < -0.4 is 5.32 Å². The average Bonchev–Trinajstić information content (AvgIpc) is 3.27. The Kier molecular flexibility index (Phi) is 5.82. The van der Waals surface area contributed by atoms with Crippen molar-refractivity contribution in [1.29, 1.82) is 0 Å². The molecule has 1 atom stereocenters. The van der Waals surface area contributed by atoms with E-state index in [1.54, 1.807) is 17.0 Å². The van der Waals surface area contributed by atoms with Crippen molar-refractivity contribution in [1.82, 2.24) is 10.2 Å². The number of furan rings is 1. The Morgan fingerprint density at radius 1 is 1.43 bits per heavy atom. The predicted molar refractivity (Wildman–Crippen MR) is 85.9 cm³/mol. The van der Waals surface area contributed by atoms with Gasteiger partial charge in [-0.05, 0) is 37.8 Å². The highest BCUT2D eigenvalue weighted by atomic mass is 16.3. The third-order valence-corrected chi connectivity index (χ3v) is 5.02. The third kappa shape index (κ3) is 3.75. The summed E-state index contributed by atoms with van der Waals surface area (Å²) in [6.07, 6.45) is 4.50. The molecule has 0 saturated carbocycles. The van der Waals surface area contributed by atoms with Crippen LogP contribution in [0.3, 0.4) is 0 Å². The van der Waals surface area contributed by atoms with Crippen molar-refractivity contribution >= 4 is 11.8 Å². The molecule has 1 aliphatic heterocycles. The fraction of sp³-hybridized carbons (Fsp3) is 0.647. The second-order valence-electron chi connectivity index (χ2n) is 6.22. The summed E-state index contributed by atoms with van der Waals surface area (Å²) in [5, 5.41) is 12.5. The van der Waals surface area contributed by atoms with Crippen LogP contribution in [0, 0.1) is 5.41 Å². The molecule has 2 rings (SSSR count). The molecule has 6 nitrogen and oxygen atoms in total. The van der Waals surface area contributed by atoms with Crippen molar-refractivity contribution in [3.05, 3.63) is 24.2 Å². The van der Waals surface area contributed by atoms with Gasteiger partial charge in [0.05, 0.1) is 12.9 Å². The number of hydrogen-bond donors (Lipinski definition) is 2. The second kappa shape index (κ2) is 7.64. The third-order valence-electron chi connectivity index (χ3n) is 5.02. The first-order chi connectivity index (χ1) is 11.1. The van der Waals surface area contributed by atoms with Crippen molar-refractivity contribution in [2.24, 2.45) is 5.41 Å². The van der Waals surface area contributed by atoms with Gasteiger partial charge in [-0.2, -0.15) is 0 Å². The number of amides is 2. The highest BCUT2D eigenvalue weighted by Crippen LogP contribution is 2.25. The molecule has 1 fully saturated rings. The van der Waals surface area contributed by atoms with Crippen LogP contribution in [0.4, 0.5) is 0 Å². The van der Waals surface area contributed by atoms with Gasteiger partial charge in [0.15, 0.2) is 5.76 Å². The van der Waals surface area contributed by atoms with Crippen molar-refractivity contribution in [2.45, 2.75) is 45.6 Å². The van der Waals surface area contributed by atoms with Crippen LogP contribution in [0.5, 0.6) is 0 Å². The van der Waals surface area contributed by atoms with Gasteiger partial charge in [-0.1, -0.05) is 13.8 Å². The first kappa shape index (κ1) is 17.5. The summed E-state index contributed by atoms with van der Waals surface area (Å²) >= 11 is 0. The highest BCUT2D eigenvalue weighted by molar-refractivity contribution is 5.95. The van der Waals surface area contributed by atoms with Gasteiger partial charge in [-0.25, -0.2) is 0 Å².